The van der Waals surface area contributed by atoms with E-state index in [2.05, 4.69) is 30.5 Å². The fourth-order valence-electron chi connectivity index (χ4n) is 2.51. The number of nitrogens with one attached hydrogen (secondary N) is 1. The molecule has 1 aromatic heterocycles. The zero-order chi connectivity index (χ0) is 11.6. The summed E-state index contributed by atoms with van der Waals surface area (Å²) in [7, 11) is 1.99. The Labute approximate surface area is 98.2 Å². The average Bonchev–Trinajstić information content (AvgIpc) is 2.55. The molecule has 16 heavy (non-hydrogen) atoms. The first-order chi connectivity index (χ1) is 7.60. The van der Waals surface area contributed by atoms with E-state index >= 15 is 0 Å². The highest BCUT2D eigenvalue weighted by atomic mass is 15.2. The van der Waals surface area contributed by atoms with Crippen LogP contribution in [0.15, 0.2) is 12.4 Å². The van der Waals surface area contributed by atoms with E-state index in [-0.39, 0.29) is 0 Å². The second-order valence-corrected chi connectivity index (χ2v) is 5.59. The van der Waals surface area contributed by atoms with Crippen molar-refractivity contribution in [3.63, 3.8) is 0 Å². The summed E-state index contributed by atoms with van der Waals surface area (Å²) < 4.78 is 1.90. The second-order valence-electron chi connectivity index (χ2n) is 5.59. The Balaban J connectivity index is 1.94. The Bertz CT molecular complexity index is 337. The highest BCUT2D eigenvalue weighted by Crippen LogP contribution is 2.43. The number of hydrogen-bond acceptors (Lipinski definition) is 2. The maximum Gasteiger partial charge on any atom is 0.0521 e. The van der Waals surface area contributed by atoms with E-state index < -0.39 is 0 Å². The smallest absolute Gasteiger partial charge is 0.0521 e. The highest BCUT2D eigenvalue weighted by Gasteiger charge is 2.36. The molecule has 1 aliphatic carbocycles. The van der Waals surface area contributed by atoms with Crippen molar-refractivity contribution in [1.29, 1.82) is 0 Å². The van der Waals surface area contributed by atoms with E-state index in [0.29, 0.717) is 11.5 Å². The van der Waals surface area contributed by atoms with Crippen LogP contribution in [0.4, 0.5) is 0 Å². The summed E-state index contributed by atoms with van der Waals surface area (Å²) in [5.74, 6) is 0. The number of hydrogen-bond donors (Lipinski definition) is 1. The van der Waals surface area contributed by atoms with Crippen LogP contribution in [-0.2, 0) is 13.5 Å². The fourth-order valence-corrected chi connectivity index (χ4v) is 2.51. The third-order valence-electron chi connectivity index (χ3n) is 3.64. The molecule has 1 heterocycles. The molecule has 2 rings (SSSR count). The Morgan fingerprint density at radius 3 is 2.69 bits per heavy atom. The van der Waals surface area contributed by atoms with Gasteiger partial charge in [-0.3, -0.25) is 4.68 Å². The van der Waals surface area contributed by atoms with Gasteiger partial charge in [0.25, 0.3) is 0 Å². The zero-order valence-corrected chi connectivity index (χ0v) is 10.7. The molecule has 1 aliphatic rings. The van der Waals surface area contributed by atoms with Gasteiger partial charge in [-0.25, -0.2) is 0 Å². The summed E-state index contributed by atoms with van der Waals surface area (Å²) in [5, 5.41) is 7.84. The molecule has 1 saturated carbocycles. The number of rotatable bonds is 5. The van der Waals surface area contributed by atoms with Crippen LogP contribution in [0.25, 0.3) is 0 Å². The average molecular weight is 221 g/mol. The molecule has 3 heteroatoms. The Morgan fingerprint density at radius 1 is 1.50 bits per heavy atom. The van der Waals surface area contributed by atoms with Crippen molar-refractivity contribution in [1.82, 2.24) is 15.1 Å². The van der Waals surface area contributed by atoms with Crippen LogP contribution in [-0.4, -0.2) is 22.4 Å². The van der Waals surface area contributed by atoms with Crippen molar-refractivity contribution in [2.45, 2.75) is 45.6 Å². The number of aromatic nitrogens is 2. The minimum Gasteiger partial charge on any atom is -0.314 e. The minimum absolute atomic E-state index is 0.507. The first-order valence-corrected chi connectivity index (χ1v) is 6.31. The van der Waals surface area contributed by atoms with Crippen LogP contribution in [0.3, 0.4) is 0 Å². The predicted molar refractivity (Wildman–Crippen MR) is 66.3 cm³/mol. The SMILES string of the molecule is CC(C)NCC1(Cc2cnn(C)c2)CCC1. The van der Waals surface area contributed by atoms with Crippen LogP contribution >= 0.6 is 0 Å². The molecule has 0 radical (unpaired) electrons. The van der Waals surface area contributed by atoms with Gasteiger partial charge in [-0.2, -0.15) is 5.10 Å². The van der Waals surface area contributed by atoms with Crippen LogP contribution in [0.1, 0.15) is 38.7 Å². The van der Waals surface area contributed by atoms with Crippen molar-refractivity contribution < 1.29 is 0 Å². The van der Waals surface area contributed by atoms with Gasteiger partial charge in [-0.1, -0.05) is 20.3 Å². The van der Waals surface area contributed by atoms with E-state index in [4.69, 9.17) is 0 Å². The molecule has 0 saturated heterocycles. The molecular formula is C13H23N3. The summed E-state index contributed by atoms with van der Waals surface area (Å²) in [5.41, 5.74) is 1.89. The third-order valence-corrected chi connectivity index (χ3v) is 3.64. The first kappa shape index (κ1) is 11.6. The van der Waals surface area contributed by atoms with Gasteiger partial charge in [0.15, 0.2) is 0 Å². The molecule has 0 aromatic carbocycles. The van der Waals surface area contributed by atoms with Gasteiger partial charge in [0.2, 0.25) is 0 Å². The summed E-state index contributed by atoms with van der Waals surface area (Å²) in [6.07, 6.45) is 9.45. The van der Waals surface area contributed by atoms with Gasteiger partial charge in [-0.05, 0) is 30.2 Å². The van der Waals surface area contributed by atoms with Gasteiger partial charge in [0.05, 0.1) is 6.20 Å². The Kier molecular flexibility index (Phi) is 3.33. The molecule has 0 bridgehead atoms. The molecule has 0 amide bonds. The van der Waals surface area contributed by atoms with E-state index in [9.17, 15) is 0 Å². The Morgan fingerprint density at radius 2 is 2.25 bits per heavy atom. The van der Waals surface area contributed by atoms with Crippen LogP contribution in [0.2, 0.25) is 0 Å². The monoisotopic (exact) mass is 221 g/mol. The van der Waals surface area contributed by atoms with Crippen molar-refractivity contribution in [3.05, 3.63) is 18.0 Å². The second kappa shape index (κ2) is 4.58. The van der Waals surface area contributed by atoms with Crippen molar-refractivity contribution in [2.75, 3.05) is 6.54 Å². The van der Waals surface area contributed by atoms with Gasteiger partial charge in [-0.15, -0.1) is 0 Å². The molecule has 1 aromatic rings. The predicted octanol–water partition coefficient (Wildman–Crippen LogP) is 2.13. The lowest BCUT2D eigenvalue weighted by Crippen LogP contribution is -2.43. The lowest BCUT2D eigenvalue weighted by atomic mass is 9.65. The van der Waals surface area contributed by atoms with Crippen molar-refractivity contribution >= 4 is 0 Å². The van der Waals surface area contributed by atoms with Gasteiger partial charge >= 0.3 is 0 Å². The van der Waals surface area contributed by atoms with Gasteiger partial charge in [0, 0.05) is 25.8 Å². The van der Waals surface area contributed by atoms with E-state index in [1.807, 2.05) is 17.9 Å². The quantitative estimate of drug-likeness (QED) is 0.825. The first-order valence-electron chi connectivity index (χ1n) is 6.31. The van der Waals surface area contributed by atoms with Crippen molar-refractivity contribution in [3.8, 4) is 0 Å². The summed E-state index contributed by atoms with van der Waals surface area (Å²) >= 11 is 0. The molecular weight excluding hydrogens is 198 g/mol. The molecule has 90 valence electrons. The molecule has 0 spiro atoms. The highest BCUT2D eigenvalue weighted by molar-refractivity contribution is 5.10. The van der Waals surface area contributed by atoms with Crippen LogP contribution in [0.5, 0.6) is 0 Å². The lowest BCUT2D eigenvalue weighted by Gasteiger charge is -2.42. The summed E-state index contributed by atoms with van der Waals surface area (Å²) in [6, 6.07) is 0.589. The van der Waals surface area contributed by atoms with E-state index in [1.165, 1.54) is 31.2 Å². The summed E-state index contributed by atoms with van der Waals surface area (Å²) in [4.78, 5) is 0. The Hall–Kier alpha value is -0.830. The number of nitrogens with zero attached hydrogens (tertiary/aromatic N) is 2. The fraction of sp³-hybridized carbons (Fsp3) is 0.769. The molecule has 0 atom stereocenters. The van der Waals surface area contributed by atoms with Crippen LogP contribution < -0.4 is 5.32 Å². The maximum atomic E-state index is 4.25. The van der Waals surface area contributed by atoms with E-state index in [1.54, 1.807) is 0 Å². The zero-order valence-electron chi connectivity index (χ0n) is 10.7. The topological polar surface area (TPSA) is 29.9 Å². The molecule has 3 nitrogen and oxygen atoms in total. The maximum absolute atomic E-state index is 4.25. The summed E-state index contributed by atoms with van der Waals surface area (Å²) in [6.45, 7) is 5.59. The van der Waals surface area contributed by atoms with E-state index in [0.717, 1.165) is 6.54 Å². The van der Waals surface area contributed by atoms with Gasteiger partial charge in [0.1, 0.15) is 0 Å². The molecule has 0 unspecified atom stereocenters. The molecule has 0 aliphatic heterocycles. The third kappa shape index (κ3) is 2.64. The largest absolute Gasteiger partial charge is 0.314 e. The standard InChI is InChI=1S/C13H23N3/c1-11(2)14-10-13(5-4-6-13)7-12-8-15-16(3)9-12/h8-9,11,14H,4-7,10H2,1-3H3. The number of aryl methyl sites for hydroxylation is 1. The van der Waals surface area contributed by atoms with Crippen molar-refractivity contribution in [2.24, 2.45) is 12.5 Å². The molecule has 1 N–H and O–H groups in total. The van der Waals surface area contributed by atoms with Crippen LogP contribution in [0, 0.1) is 5.41 Å². The minimum atomic E-state index is 0.507. The lowest BCUT2D eigenvalue weighted by molar-refractivity contribution is 0.126. The normalized spacial score (nSPS) is 18.8. The molecule has 1 fully saturated rings. The van der Waals surface area contributed by atoms with Gasteiger partial charge < -0.3 is 5.32 Å².